The lowest BCUT2D eigenvalue weighted by Crippen LogP contribution is -2.36. The van der Waals surface area contributed by atoms with E-state index in [9.17, 15) is 9.18 Å². The van der Waals surface area contributed by atoms with Crippen LogP contribution in [0.25, 0.3) is 23.0 Å². The van der Waals surface area contributed by atoms with Gasteiger partial charge in [-0.25, -0.2) is 9.07 Å². The lowest BCUT2D eigenvalue weighted by Gasteiger charge is -2.21. The smallest absolute Gasteiger partial charge is 0.266 e. The Morgan fingerprint density at radius 1 is 1.17 bits per heavy atom. The fourth-order valence-electron chi connectivity index (χ4n) is 3.22. The number of nitrogens with zero attached hydrogens (tertiary/aromatic N) is 3. The second-order valence-electron chi connectivity index (χ2n) is 7.03. The molecule has 3 aromatic rings. The quantitative estimate of drug-likeness (QED) is 0.380. The minimum atomic E-state index is -0.308. The highest BCUT2D eigenvalue weighted by molar-refractivity contribution is 8.26. The molecule has 0 bridgehead atoms. The Morgan fingerprint density at radius 2 is 1.87 bits per heavy atom. The van der Waals surface area contributed by atoms with E-state index in [4.69, 9.17) is 17.3 Å². The summed E-state index contributed by atoms with van der Waals surface area (Å²) in [5.41, 5.74) is 3.12. The molecule has 0 spiro atoms. The van der Waals surface area contributed by atoms with Gasteiger partial charge in [0.1, 0.15) is 10.1 Å². The van der Waals surface area contributed by atoms with Crippen LogP contribution in [0.5, 0.6) is 0 Å². The average molecular weight is 438 g/mol. The van der Waals surface area contributed by atoms with Crippen molar-refractivity contribution in [2.45, 2.75) is 26.3 Å². The molecule has 2 heterocycles. The first-order valence-electron chi connectivity index (χ1n) is 9.66. The molecule has 1 amide bonds. The van der Waals surface area contributed by atoms with E-state index in [-0.39, 0.29) is 17.8 Å². The minimum Gasteiger partial charge on any atom is -0.290 e. The summed E-state index contributed by atoms with van der Waals surface area (Å²) in [6, 6.07) is 16.0. The predicted molar refractivity (Wildman–Crippen MR) is 124 cm³/mol. The molecule has 0 N–H and O–H groups in total. The standard InChI is InChI=1S/C23H20FN3OS2/c1-3-15(2)27-22(28)20(30-23(27)29)13-17-14-26(19-7-5-4-6-8-19)25-21(17)16-9-11-18(24)12-10-16/h4-15H,3H2,1-2H3/b20-13-/t15-/m0/s1. The van der Waals surface area contributed by atoms with Crippen LogP contribution in [0.2, 0.25) is 0 Å². The maximum Gasteiger partial charge on any atom is 0.266 e. The number of carbonyl (C=O) groups excluding carboxylic acids is 1. The summed E-state index contributed by atoms with van der Waals surface area (Å²) in [7, 11) is 0. The molecule has 4 rings (SSSR count). The fraction of sp³-hybridized carbons (Fsp3) is 0.174. The molecule has 1 fully saturated rings. The first-order valence-corrected chi connectivity index (χ1v) is 10.9. The van der Waals surface area contributed by atoms with E-state index < -0.39 is 0 Å². The molecule has 0 unspecified atom stereocenters. The molecule has 1 saturated heterocycles. The van der Waals surface area contributed by atoms with E-state index in [1.807, 2.05) is 56.5 Å². The summed E-state index contributed by atoms with van der Waals surface area (Å²) in [5, 5.41) is 4.72. The van der Waals surface area contributed by atoms with Gasteiger partial charge >= 0.3 is 0 Å². The van der Waals surface area contributed by atoms with Gasteiger partial charge in [0, 0.05) is 23.4 Å². The third kappa shape index (κ3) is 3.95. The van der Waals surface area contributed by atoms with Gasteiger partial charge in [0.05, 0.1) is 16.3 Å². The highest BCUT2D eigenvalue weighted by atomic mass is 32.2. The summed E-state index contributed by atoms with van der Waals surface area (Å²) >= 11 is 6.74. The third-order valence-electron chi connectivity index (χ3n) is 5.02. The maximum atomic E-state index is 13.4. The molecule has 4 nitrogen and oxygen atoms in total. The number of thioether (sulfide) groups is 1. The van der Waals surface area contributed by atoms with Crippen molar-refractivity contribution in [3.05, 3.63) is 77.1 Å². The van der Waals surface area contributed by atoms with E-state index >= 15 is 0 Å². The summed E-state index contributed by atoms with van der Waals surface area (Å²) in [4.78, 5) is 15.2. The Hall–Kier alpha value is -2.77. The van der Waals surface area contributed by atoms with Gasteiger partial charge in [-0.3, -0.25) is 9.69 Å². The van der Waals surface area contributed by atoms with Gasteiger partial charge in [-0.15, -0.1) is 0 Å². The maximum absolute atomic E-state index is 13.4. The van der Waals surface area contributed by atoms with Gasteiger partial charge in [0.15, 0.2) is 0 Å². The molecule has 30 heavy (non-hydrogen) atoms. The molecule has 1 aromatic heterocycles. The highest BCUT2D eigenvalue weighted by Crippen LogP contribution is 2.36. The molecule has 2 aromatic carbocycles. The van der Waals surface area contributed by atoms with Crippen LogP contribution in [-0.4, -0.2) is 30.9 Å². The summed E-state index contributed by atoms with van der Waals surface area (Å²) in [5.74, 6) is -0.394. The van der Waals surface area contributed by atoms with Crippen LogP contribution in [0.3, 0.4) is 0 Å². The van der Waals surface area contributed by atoms with Gasteiger partial charge in [-0.05, 0) is 55.8 Å². The lowest BCUT2D eigenvalue weighted by molar-refractivity contribution is -0.123. The number of halogens is 1. The van der Waals surface area contributed by atoms with Crippen molar-refractivity contribution >= 4 is 40.3 Å². The highest BCUT2D eigenvalue weighted by Gasteiger charge is 2.35. The Bertz CT molecular complexity index is 1120. The molecular weight excluding hydrogens is 417 g/mol. The predicted octanol–water partition coefficient (Wildman–Crippen LogP) is 5.68. The molecule has 1 aliphatic rings. The summed E-state index contributed by atoms with van der Waals surface area (Å²) in [6.45, 7) is 4.02. The van der Waals surface area contributed by atoms with Crippen molar-refractivity contribution in [3.8, 4) is 16.9 Å². The fourth-order valence-corrected chi connectivity index (χ4v) is 4.67. The average Bonchev–Trinajstić information content (AvgIpc) is 3.30. The van der Waals surface area contributed by atoms with Gasteiger partial charge in [0.2, 0.25) is 0 Å². The summed E-state index contributed by atoms with van der Waals surface area (Å²) < 4.78 is 15.8. The second kappa shape index (κ2) is 8.53. The molecular formula is C23H20FN3OS2. The number of carbonyl (C=O) groups is 1. The lowest BCUT2D eigenvalue weighted by atomic mass is 10.1. The molecule has 0 saturated carbocycles. The Labute approximate surface area is 184 Å². The van der Waals surface area contributed by atoms with E-state index in [1.54, 1.807) is 21.7 Å². The van der Waals surface area contributed by atoms with Crippen LogP contribution in [0.1, 0.15) is 25.8 Å². The Balaban J connectivity index is 1.79. The summed E-state index contributed by atoms with van der Waals surface area (Å²) in [6.07, 6.45) is 4.53. The normalized spacial score (nSPS) is 16.5. The van der Waals surface area contributed by atoms with Crippen LogP contribution < -0.4 is 0 Å². The number of rotatable bonds is 5. The molecule has 0 aliphatic carbocycles. The minimum absolute atomic E-state index is 0.0482. The van der Waals surface area contributed by atoms with Crippen LogP contribution >= 0.6 is 24.0 Å². The number of aromatic nitrogens is 2. The zero-order valence-electron chi connectivity index (χ0n) is 16.6. The molecule has 152 valence electrons. The molecule has 0 radical (unpaired) electrons. The van der Waals surface area contributed by atoms with Crippen LogP contribution in [0.15, 0.2) is 65.7 Å². The topological polar surface area (TPSA) is 38.1 Å². The second-order valence-corrected chi connectivity index (χ2v) is 8.70. The van der Waals surface area contributed by atoms with Crippen molar-refractivity contribution in [1.29, 1.82) is 0 Å². The molecule has 1 aliphatic heterocycles. The first kappa shape index (κ1) is 20.5. The number of thiocarbonyl (C=S) groups is 1. The zero-order chi connectivity index (χ0) is 21.3. The number of benzene rings is 2. The van der Waals surface area contributed by atoms with E-state index in [0.29, 0.717) is 14.9 Å². The number of amides is 1. The number of hydrogen-bond acceptors (Lipinski definition) is 4. The van der Waals surface area contributed by atoms with Gasteiger partial charge in [0.25, 0.3) is 5.91 Å². The third-order valence-corrected chi connectivity index (χ3v) is 6.35. The van der Waals surface area contributed by atoms with E-state index in [2.05, 4.69) is 0 Å². The van der Waals surface area contributed by atoms with Crippen LogP contribution in [0.4, 0.5) is 4.39 Å². The van der Waals surface area contributed by atoms with E-state index in [0.717, 1.165) is 23.2 Å². The van der Waals surface area contributed by atoms with Crippen molar-refractivity contribution < 1.29 is 9.18 Å². The Morgan fingerprint density at radius 3 is 2.53 bits per heavy atom. The van der Waals surface area contributed by atoms with Crippen molar-refractivity contribution in [2.24, 2.45) is 0 Å². The van der Waals surface area contributed by atoms with Crippen LogP contribution in [-0.2, 0) is 4.79 Å². The zero-order valence-corrected chi connectivity index (χ0v) is 18.2. The van der Waals surface area contributed by atoms with Crippen molar-refractivity contribution in [3.63, 3.8) is 0 Å². The molecule has 1 atom stereocenters. The van der Waals surface area contributed by atoms with Crippen molar-refractivity contribution in [2.75, 3.05) is 0 Å². The Kier molecular flexibility index (Phi) is 5.83. The van der Waals surface area contributed by atoms with Crippen LogP contribution in [0, 0.1) is 5.82 Å². The number of para-hydroxylation sites is 1. The SMILES string of the molecule is CC[C@H](C)N1C(=O)/C(=C/c2cn(-c3ccccc3)nc2-c2ccc(F)cc2)SC1=S. The van der Waals surface area contributed by atoms with Crippen molar-refractivity contribution in [1.82, 2.24) is 14.7 Å². The monoisotopic (exact) mass is 437 g/mol. The van der Waals surface area contributed by atoms with Gasteiger partial charge in [-0.1, -0.05) is 49.1 Å². The van der Waals surface area contributed by atoms with E-state index in [1.165, 1.54) is 23.9 Å². The largest absolute Gasteiger partial charge is 0.290 e. The number of hydrogen-bond donors (Lipinski definition) is 0. The van der Waals surface area contributed by atoms with Gasteiger partial charge in [-0.2, -0.15) is 5.10 Å². The first-order chi connectivity index (χ1) is 14.5. The molecule has 7 heteroatoms. The van der Waals surface area contributed by atoms with Gasteiger partial charge < -0.3 is 0 Å².